The molecule has 0 N–H and O–H groups in total. The summed E-state index contributed by atoms with van der Waals surface area (Å²) in [6, 6.07) is 76.0. The number of para-hydroxylation sites is 1. The largest absolute Gasteiger partial charge is 0.310 e. The van der Waals surface area contributed by atoms with E-state index in [1.54, 1.807) is 0 Å². The molecule has 0 amide bonds. The van der Waals surface area contributed by atoms with Gasteiger partial charge in [-0.3, -0.25) is 0 Å². The van der Waals surface area contributed by atoms with Crippen LogP contribution in [0.5, 0.6) is 0 Å². The van der Waals surface area contributed by atoms with Crippen LogP contribution in [0.15, 0.2) is 218 Å². The molecule has 0 aliphatic rings. The fourth-order valence-corrected chi connectivity index (χ4v) is 6.97. The van der Waals surface area contributed by atoms with Crippen molar-refractivity contribution in [3.8, 4) is 67.5 Å². The number of hydrogen-bond donors (Lipinski definition) is 0. The van der Waals surface area contributed by atoms with Crippen LogP contribution in [-0.2, 0) is 0 Å². The Hall–Kier alpha value is -7.43. The predicted molar refractivity (Wildman–Crippen MR) is 227 cm³/mol. The van der Waals surface area contributed by atoms with Crippen molar-refractivity contribution in [1.82, 2.24) is 15.0 Å². The van der Waals surface area contributed by atoms with Crippen molar-refractivity contribution in [2.45, 2.75) is 0 Å². The number of aromatic nitrogens is 3. The Morgan fingerprint density at radius 2 is 0.618 bits per heavy atom. The van der Waals surface area contributed by atoms with E-state index in [1.807, 2.05) is 60.7 Å². The molecule has 0 aliphatic heterocycles. The molecule has 260 valence electrons. The fraction of sp³-hybridized carbons (Fsp3) is 0. The van der Waals surface area contributed by atoms with Gasteiger partial charge in [0.2, 0.25) is 0 Å². The first kappa shape index (κ1) is 33.4. The summed E-state index contributed by atoms with van der Waals surface area (Å²) >= 11 is 0. The maximum Gasteiger partial charge on any atom is 0.164 e. The number of benzene rings is 8. The zero-order valence-electron chi connectivity index (χ0n) is 30.1. The van der Waals surface area contributed by atoms with Crippen LogP contribution >= 0.6 is 0 Å². The molecule has 0 atom stereocenters. The topological polar surface area (TPSA) is 41.9 Å². The van der Waals surface area contributed by atoms with Crippen molar-refractivity contribution in [3.63, 3.8) is 0 Å². The highest BCUT2D eigenvalue weighted by molar-refractivity contribution is 5.89. The highest BCUT2D eigenvalue weighted by Gasteiger charge is 2.18. The highest BCUT2D eigenvalue weighted by Crippen LogP contribution is 2.42. The molecule has 0 aliphatic carbocycles. The molecule has 9 aromatic rings. The van der Waals surface area contributed by atoms with Gasteiger partial charge in [0.05, 0.1) is 5.69 Å². The van der Waals surface area contributed by atoms with Gasteiger partial charge < -0.3 is 4.90 Å². The second-order valence-electron chi connectivity index (χ2n) is 13.3. The van der Waals surface area contributed by atoms with E-state index in [-0.39, 0.29) is 0 Å². The summed E-state index contributed by atoms with van der Waals surface area (Å²) in [5.41, 5.74) is 13.0. The van der Waals surface area contributed by atoms with Crippen LogP contribution in [-0.4, -0.2) is 15.0 Å². The minimum atomic E-state index is 0.633. The maximum atomic E-state index is 4.97. The Bertz CT molecular complexity index is 2600. The van der Waals surface area contributed by atoms with Crippen LogP contribution in [0.3, 0.4) is 0 Å². The first-order valence-corrected chi connectivity index (χ1v) is 18.4. The molecule has 0 spiro atoms. The van der Waals surface area contributed by atoms with E-state index in [4.69, 9.17) is 15.0 Å². The maximum absolute atomic E-state index is 4.97. The van der Waals surface area contributed by atoms with Crippen LogP contribution in [0.25, 0.3) is 67.5 Å². The third kappa shape index (κ3) is 7.17. The molecule has 8 aromatic carbocycles. The Balaban J connectivity index is 1.10. The van der Waals surface area contributed by atoms with E-state index in [0.717, 1.165) is 50.4 Å². The van der Waals surface area contributed by atoms with E-state index in [2.05, 4.69) is 163 Å². The van der Waals surface area contributed by atoms with Crippen LogP contribution < -0.4 is 4.90 Å². The molecular formula is C51H36N4. The molecule has 1 heterocycles. The normalized spacial score (nSPS) is 10.9. The summed E-state index contributed by atoms with van der Waals surface area (Å²) in [6.45, 7) is 0. The highest BCUT2D eigenvalue weighted by atomic mass is 15.1. The van der Waals surface area contributed by atoms with Gasteiger partial charge in [0.25, 0.3) is 0 Å². The van der Waals surface area contributed by atoms with Crippen molar-refractivity contribution in [2.24, 2.45) is 0 Å². The Morgan fingerprint density at radius 1 is 0.255 bits per heavy atom. The minimum absolute atomic E-state index is 0.633. The summed E-state index contributed by atoms with van der Waals surface area (Å²) in [4.78, 5) is 17.2. The SMILES string of the molecule is c1ccc(-c2ccc(N(c3ccc(-c4cccc(-c5nc(-c6ccccc6)nc(-c6ccccc6)n5)c4)cc3)c3ccccc3-c3ccccc3)cc2)cc1. The van der Waals surface area contributed by atoms with Gasteiger partial charge in [-0.15, -0.1) is 0 Å². The van der Waals surface area contributed by atoms with Gasteiger partial charge in [-0.25, -0.2) is 15.0 Å². The third-order valence-corrected chi connectivity index (χ3v) is 9.74. The molecule has 4 nitrogen and oxygen atoms in total. The lowest BCUT2D eigenvalue weighted by molar-refractivity contribution is 1.07. The van der Waals surface area contributed by atoms with E-state index in [9.17, 15) is 0 Å². The van der Waals surface area contributed by atoms with Crippen molar-refractivity contribution in [3.05, 3.63) is 218 Å². The standard InChI is InChI=1S/C51H36N4/c1-5-16-37(17-6-1)38-28-32-45(33-29-38)55(48-27-14-13-26-47(48)40-18-7-2-8-19-40)46-34-30-39(31-35-46)43-24-15-25-44(36-43)51-53-49(41-20-9-3-10-21-41)52-50(54-51)42-22-11-4-12-23-42/h1-36H. The molecule has 4 heteroatoms. The quantitative estimate of drug-likeness (QED) is 0.150. The van der Waals surface area contributed by atoms with Crippen molar-refractivity contribution < 1.29 is 0 Å². The van der Waals surface area contributed by atoms with Crippen molar-refractivity contribution >= 4 is 17.1 Å². The minimum Gasteiger partial charge on any atom is -0.310 e. The molecule has 0 saturated heterocycles. The summed E-state index contributed by atoms with van der Waals surface area (Å²) in [5, 5.41) is 0. The first-order chi connectivity index (χ1) is 27.3. The lowest BCUT2D eigenvalue weighted by atomic mass is 10.00. The third-order valence-electron chi connectivity index (χ3n) is 9.74. The van der Waals surface area contributed by atoms with Crippen molar-refractivity contribution in [2.75, 3.05) is 4.90 Å². The lowest BCUT2D eigenvalue weighted by Gasteiger charge is -2.28. The van der Waals surface area contributed by atoms with Crippen LogP contribution in [0.4, 0.5) is 17.1 Å². The number of anilines is 3. The first-order valence-electron chi connectivity index (χ1n) is 18.4. The average Bonchev–Trinajstić information content (AvgIpc) is 3.28. The zero-order valence-corrected chi connectivity index (χ0v) is 30.1. The molecule has 0 saturated carbocycles. The van der Waals surface area contributed by atoms with Crippen LogP contribution in [0, 0.1) is 0 Å². The summed E-state index contributed by atoms with van der Waals surface area (Å²) in [7, 11) is 0. The van der Waals surface area contributed by atoms with E-state index in [0.29, 0.717) is 17.5 Å². The zero-order chi connectivity index (χ0) is 36.8. The summed E-state index contributed by atoms with van der Waals surface area (Å²) < 4.78 is 0. The van der Waals surface area contributed by atoms with Crippen molar-refractivity contribution in [1.29, 1.82) is 0 Å². The Kier molecular flexibility index (Phi) is 9.28. The molecule has 9 rings (SSSR count). The van der Waals surface area contributed by atoms with E-state index >= 15 is 0 Å². The second-order valence-corrected chi connectivity index (χ2v) is 13.3. The smallest absolute Gasteiger partial charge is 0.164 e. The molecule has 0 unspecified atom stereocenters. The molecule has 0 radical (unpaired) electrons. The Labute approximate surface area is 321 Å². The molecule has 0 bridgehead atoms. The number of hydrogen-bond acceptors (Lipinski definition) is 4. The summed E-state index contributed by atoms with van der Waals surface area (Å²) in [6.07, 6.45) is 0. The van der Waals surface area contributed by atoms with E-state index in [1.165, 1.54) is 16.7 Å². The van der Waals surface area contributed by atoms with Gasteiger partial charge in [0.15, 0.2) is 17.5 Å². The molecular weight excluding hydrogens is 669 g/mol. The fourth-order valence-electron chi connectivity index (χ4n) is 6.97. The van der Waals surface area contributed by atoms with Crippen LogP contribution in [0.1, 0.15) is 0 Å². The van der Waals surface area contributed by atoms with Crippen LogP contribution in [0.2, 0.25) is 0 Å². The number of rotatable bonds is 9. The van der Waals surface area contributed by atoms with Gasteiger partial charge in [0.1, 0.15) is 0 Å². The monoisotopic (exact) mass is 704 g/mol. The molecule has 0 fully saturated rings. The molecule has 1 aromatic heterocycles. The Morgan fingerprint density at radius 3 is 1.15 bits per heavy atom. The molecule has 55 heavy (non-hydrogen) atoms. The van der Waals surface area contributed by atoms with Gasteiger partial charge in [-0.2, -0.15) is 0 Å². The lowest BCUT2D eigenvalue weighted by Crippen LogP contribution is -2.11. The predicted octanol–water partition coefficient (Wildman–Crippen LogP) is 13.3. The number of nitrogens with zero attached hydrogens (tertiary/aromatic N) is 4. The van der Waals surface area contributed by atoms with Gasteiger partial charge >= 0.3 is 0 Å². The van der Waals surface area contributed by atoms with E-state index < -0.39 is 0 Å². The average molecular weight is 705 g/mol. The second kappa shape index (κ2) is 15.3. The van der Waals surface area contributed by atoms with Gasteiger partial charge in [-0.1, -0.05) is 182 Å². The summed E-state index contributed by atoms with van der Waals surface area (Å²) in [5.74, 6) is 1.92. The van der Waals surface area contributed by atoms with Gasteiger partial charge in [-0.05, 0) is 64.2 Å². The van der Waals surface area contributed by atoms with Gasteiger partial charge in [0, 0.05) is 33.6 Å².